The van der Waals surface area contributed by atoms with E-state index >= 15 is 0 Å². The molecule has 0 spiro atoms. The Labute approximate surface area is 79.2 Å². The summed E-state index contributed by atoms with van der Waals surface area (Å²) in [4.78, 5) is 12.3. The molecule has 0 unspecified atom stereocenters. The summed E-state index contributed by atoms with van der Waals surface area (Å²) in [5.41, 5.74) is 0. The van der Waals surface area contributed by atoms with Crippen molar-refractivity contribution in [2.75, 3.05) is 39.1 Å². The molecular formula is C9H16N4. The van der Waals surface area contributed by atoms with Gasteiger partial charge in [-0.05, 0) is 20.2 Å². The summed E-state index contributed by atoms with van der Waals surface area (Å²) in [7, 11) is 6.16. The lowest BCUT2D eigenvalue weighted by molar-refractivity contribution is 0.416. The first-order valence-corrected chi connectivity index (χ1v) is 4.32. The van der Waals surface area contributed by atoms with Gasteiger partial charge in [0.05, 0.1) is 0 Å². The Hall–Kier alpha value is -1.16. The van der Waals surface area contributed by atoms with Gasteiger partial charge in [-0.1, -0.05) is 0 Å². The van der Waals surface area contributed by atoms with E-state index in [2.05, 4.69) is 33.9 Å². The van der Waals surface area contributed by atoms with Crippen LogP contribution in [0.3, 0.4) is 0 Å². The molecule has 0 aromatic carbocycles. The molecular weight excluding hydrogens is 164 g/mol. The molecule has 0 amide bonds. The molecule has 0 atom stereocenters. The minimum Gasteiger partial charge on any atom is -0.358 e. The molecule has 0 saturated heterocycles. The van der Waals surface area contributed by atoms with Crippen LogP contribution in [0.2, 0.25) is 0 Å². The average molecular weight is 180 g/mol. The van der Waals surface area contributed by atoms with Crippen LogP contribution in [0, 0.1) is 0 Å². The van der Waals surface area contributed by atoms with E-state index in [4.69, 9.17) is 0 Å². The standard InChI is InChI=1S/C9H16N4/c1-12(2)6-7-13(3)9-4-5-10-8-11-9/h4-5,8H,6-7H2,1-3H3. The van der Waals surface area contributed by atoms with Crippen molar-refractivity contribution >= 4 is 5.82 Å². The first-order chi connectivity index (χ1) is 6.20. The molecule has 72 valence electrons. The smallest absolute Gasteiger partial charge is 0.131 e. The number of nitrogens with zero attached hydrogens (tertiary/aromatic N) is 4. The van der Waals surface area contributed by atoms with E-state index in [0.717, 1.165) is 18.9 Å². The molecule has 0 N–H and O–H groups in total. The summed E-state index contributed by atoms with van der Waals surface area (Å²) in [5.74, 6) is 0.969. The molecule has 1 aromatic rings. The molecule has 0 aliphatic rings. The van der Waals surface area contributed by atoms with Gasteiger partial charge in [0.1, 0.15) is 12.1 Å². The number of aromatic nitrogens is 2. The van der Waals surface area contributed by atoms with Gasteiger partial charge in [-0.2, -0.15) is 0 Å². The second kappa shape index (κ2) is 4.77. The van der Waals surface area contributed by atoms with Crippen LogP contribution in [0.1, 0.15) is 0 Å². The van der Waals surface area contributed by atoms with Gasteiger partial charge in [0.2, 0.25) is 0 Å². The summed E-state index contributed by atoms with van der Waals surface area (Å²) in [5, 5.41) is 0. The second-order valence-electron chi connectivity index (χ2n) is 3.29. The SMILES string of the molecule is CN(C)CCN(C)c1ccncn1. The average Bonchev–Trinajstić information content (AvgIpc) is 2.15. The van der Waals surface area contributed by atoms with Gasteiger partial charge in [-0.15, -0.1) is 0 Å². The van der Waals surface area contributed by atoms with E-state index in [1.165, 1.54) is 0 Å². The van der Waals surface area contributed by atoms with Crippen LogP contribution in [0.4, 0.5) is 5.82 Å². The highest BCUT2D eigenvalue weighted by Gasteiger charge is 2.00. The fourth-order valence-electron chi connectivity index (χ4n) is 0.974. The lowest BCUT2D eigenvalue weighted by Gasteiger charge is -2.19. The molecule has 0 radical (unpaired) electrons. The highest BCUT2D eigenvalue weighted by molar-refractivity contribution is 5.34. The van der Waals surface area contributed by atoms with E-state index in [0.29, 0.717) is 0 Å². The Morgan fingerprint density at radius 3 is 2.54 bits per heavy atom. The van der Waals surface area contributed by atoms with Crippen LogP contribution >= 0.6 is 0 Å². The molecule has 0 aliphatic heterocycles. The van der Waals surface area contributed by atoms with Crippen LogP contribution in [0.15, 0.2) is 18.6 Å². The molecule has 0 bridgehead atoms. The minimum atomic E-state index is 0.969. The summed E-state index contributed by atoms with van der Waals surface area (Å²) in [6.45, 7) is 2.00. The van der Waals surface area contributed by atoms with Crippen molar-refractivity contribution in [1.82, 2.24) is 14.9 Å². The van der Waals surface area contributed by atoms with Crippen molar-refractivity contribution in [3.8, 4) is 0 Å². The Balaban J connectivity index is 2.44. The number of likely N-dealkylation sites (N-methyl/N-ethyl adjacent to an activating group) is 2. The topological polar surface area (TPSA) is 32.3 Å². The van der Waals surface area contributed by atoms with Gasteiger partial charge in [0.25, 0.3) is 0 Å². The zero-order valence-electron chi connectivity index (χ0n) is 8.44. The van der Waals surface area contributed by atoms with E-state index < -0.39 is 0 Å². The zero-order chi connectivity index (χ0) is 9.68. The summed E-state index contributed by atoms with van der Waals surface area (Å²) >= 11 is 0. The predicted molar refractivity (Wildman–Crippen MR) is 53.9 cm³/mol. The number of hydrogen-bond acceptors (Lipinski definition) is 4. The summed E-state index contributed by atoms with van der Waals surface area (Å²) in [6.07, 6.45) is 3.33. The second-order valence-corrected chi connectivity index (χ2v) is 3.29. The molecule has 0 fully saturated rings. The maximum atomic E-state index is 4.15. The Bertz CT molecular complexity index is 235. The summed E-state index contributed by atoms with van der Waals surface area (Å²) < 4.78 is 0. The normalized spacial score (nSPS) is 10.5. The third-order valence-corrected chi connectivity index (χ3v) is 1.84. The van der Waals surface area contributed by atoms with E-state index in [1.807, 2.05) is 13.1 Å². The van der Waals surface area contributed by atoms with Crippen LogP contribution in [-0.2, 0) is 0 Å². The maximum absolute atomic E-state index is 4.15. The molecule has 4 heteroatoms. The van der Waals surface area contributed by atoms with Crippen molar-refractivity contribution in [1.29, 1.82) is 0 Å². The first-order valence-electron chi connectivity index (χ1n) is 4.32. The van der Waals surface area contributed by atoms with Crippen molar-refractivity contribution in [2.24, 2.45) is 0 Å². The lowest BCUT2D eigenvalue weighted by atomic mass is 10.4. The third-order valence-electron chi connectivity index (χ3n) is 1.84. The van der Waals surface area contributed by atoms with Crippen molar-refractivity contribution < 1.29 is 0 Å². The highest BCUT2D eigenvalue weighted by Crippen LogP contribution is 2.04. The van der Waals surface area contributed by atoms with Crippen LogP contribution in [0.25, 0.3) is 0 Å². The van der Waals surface area contributed by atoms with Crippen molar-refractivity contribution in [2.45, 2.75) is 0 Å². The molecule has 0 aliphatic carbocycles. The third kappa shape index (κ3) is 3.38. The Morgan fingerprint density at radius 2 is 2.00 bits per heavy atom. The van der Waals surface area contributed by atoms with Crippen molar-refractivity contribution in [3.05, 3.63) is 18.6 Å². The van der Waals surface area contributed by atoms with Gasteiger partial charge in [0.15, 0.2) is 0 Å². The fraction of sp³-hybridized carbons (Fsp3) is 0.556. The zero-order valence-corrected chi connectivity index (χ0v) is 8.44. The Morgan fingerprint density at radius 1 is 1.23 bits per heavy atom. The van der Waals surface area contributed by atoms with Gasteiger partial charge >= 0.3 is 0 Å². The quantitative estimate of drug-likeness (QED) is 0.674. The largest absolute Gasteiger partial charge is 0.358 e. The van der Waals surface area contributed by atoms with Crippen LogP contribution in [-0.4, -0.2) is 49.1 Å². The van der Waals surface area contributed by atoms with Crippen LogP contribution < -0.4 is 4.90 Å². The molecule has 1 rings (SSSR count). The molecule has 4 nitrogen and oxygen atoms in total. The van der Waals surface area contributed by atoms with Gasteiger partial charge < -0.3 is 9.80 Å². The van der Waals surface area contributed by atoms with Crippen molar-refractivity contribution in [3.63, 3.8) is 0 Å². The van der Waals surface area contributed by atoms with E-state index in [1.54, 1.807) is 12.5 Å². The van der Waals surface area contributed by atoms with Gasteiger partial charge in [-0.25, -0.2) is 9.97 Å². The van der Waals surface area contributed by atoms with Gasteiger partial charge in [-0.3, -0.25) is 0 Å². The summed E-state index contributed by atoms with van der Waals surface area (Å²) in [6, 6.07) is 1.91. The molecule has 0 saturated carbocycles. The highest BCUT2D eigenvalue weighted by atomic mass is 15.2. The monoisotopic (exact) mass is 180 g/mol. The lowest BCUT2D eigenvalue weighted by Crippen LogP contribution is -2.28. The predicted octanol–water partition coefficient (Wildman–Crippen LogP) is 0.474. The molecule has 13 heavy (non-hydrogen) atoms. The minimum absolute atomic E-state index is 0.969. The van der Waals surface area contributed by atoms with Crippen LogP contribution in [0.5, 0.6) is 0 Å². The Kier molecular flexibility index (Phi) is 3.64. The van der Waals surface area contributed by atoms with E-state index in [9.17, 15) is 0 Å². The van der Waals surface area contributed by atoms with Gasteiger partial charge in [0, 0.05) is 26.3 Å². The van der Waals surface area contributed by atoms with E-state index in [-0.39, 0.29) is 0 Å². The number of anilines is 1. The maximum Gasteiger partial charge on any atom is 0.131 e. The fourth-order valence-corrected chi connectivity index (χ4v) is 0.974. The molecule has 1 heterocycles. The first kappa shape index (κ1) is 9.92. The molecule has 1 aromatic heterocycles. The number of rotatable bonds is 4. The number of hydrogen-bond donors (Lipinski definition) is 0.